The molecule has 0 radical (unpaired) electrons. The van der Waals surface area contributed by atoms with E-state index < -0.39 is 0 Å². The van der Waals surface area contributed by atoms with Crippen LogP contribution >= 0.6 is 0 Å². The molecule has 0 unspecified atom stereocenters. The SMILES string of the molecule is Cc1cc(O)ccc1N/C=C(/C#N)C(=O)NC1CCCC1. The molecule has 0 bridgehead atoms. The molecule has 0 aromatic heterocycles. The summed E-state index contributed by atoms with van der Waals surface area (Å²) in [5.74, 6) is -0.158. The Morgan fingerprint density at radius 3 is 2.76 bits per heavy atom. The van der Waals surface area contributed by atoms with Crippen molar-refractivity contribution < 1.29 is 9.90 Å². The lowest BCUT2D eigenvalue weighted by molar-refractivity contribution is -0.117. The maximum Gasteiger partial charge on any atom is 0.263 e. The molecule has 5 nitrogen and oxygen atoms in total. The van der Waals surface area contributed by atoms with Crippen LogP contribution in [0.25, 0.3) is 0 Å². The van der Waals surface area contributed by atoms with E-state index in [2.05, 4.69) is 10.6 Å². The van der Waals surface area contributed by atoms with Crippen LogP contribution in [0.2, 0.25) is 0 Å². The fraction of sp³-hybridized carbons (Fsp3) is 0.375. The molecule has 0 spiro atoms. The molecule has 0 heterocycles. The van der Waals surface area contributed by atoms with Gasteiger partial charge in [0.25, 0.3) is 5.91 Å². The zero-order valence-corrected chi connectivity index (χ0v) is 12.0. The average Bonchev–Trinajstić information content (AvgIpc) is 2.94. The van der Waals surface area contributed by atoms with Gasteiger partial charge in [0, 0.05) is 17.9 Å². The average molecular weight is 285 g/mol. The summed E-state index contributed by atoms with van der Waals surface area (Å²) in [6.45, 7) is 1.83. The number of aromatic hydroxyl groups is 1. The standard InChI is InChI=1S/C16H19N3O2/c1-11-8-14(20)6-7-15(11)18-10-12(9-17)16(21)19-13-4-2-3-5-13/h6-8,10,13,18,20H,2-5H2,1H3,(H,19,21)/b12-10-. The van der Waals surface area contributed by atoms with Crippen molar-refractivity contribution in [2.24, 2.45) is 0 Å². The molecule has 1 aliphatic rings. The van der Waals surface area contributed by atoms with Gasteiger partial charge in [0.2, 0.25) is 0 Å². The van der Waals surface area contributed by atoms with Crippen molar-refractivity contribution >= 4 is 11.6 Å². The second-order valence-corrected chi connectivity index (χ2v) is 5.27. The minimum absolute atomic E-state index is 0.0503. The smallest absolute Gasteiger partial charge is 0.263 e. The van der Waals surface area contributed by atoms with Crippen LogP contribution in [0, 0.1) is 18.3 Å². The van der Waals surface area contributed by atoms with E-state index in [4.69, 9.17) is 5.26 Å². The molecule has 1 aromatic carbocycles. The number of phenols is 1. The van der Waals surface area contributed by atoms with Crippen LogP contribution in [0.4, 0.5) is 5.69 Å². The molecule has 5 heteroatoms. The second-order valence-electron chi connectivity index (χ2n) is 5.27. The number of nitrogens with one attached hydrogen (secondary N) is 2. The number of amides is 1. The van der Waals surface area contributed by atoms with Crippen molar-refractivity contribution in [3.8, 4) is 11.8 Å². The highest BCUT2D eigenvalue weighted by atomic mass is 16.3. The highest BCUT2D eigenvalue weighted by Crippen LogP contribution is 2.20. The molecule has 21 heavy (non-hydrogen) atoms. The first-order chi connectivity index (χ1) is 10.1. The van der Waals surface area contributed by atoms with Crippen molar-refractivity contribution in [1.82, 2.24) is 5.32 Å². The van der Waals surface area contributed by atoms with E-state index in [0.717, 1.165) is 36.9 Å². The third-order valence-electron chi connectivity index (χ3n) is 3.64. The Balaban J connectivity index is 2.02. The fourth-order valence-electron chi connectivity index (χ4n) is 2.44. The molecule has 1 amide bonds. The van der Waals surface area contributed by atoms with Crippen LogP contribution in [0.1, 0.15) is 31.2 Å². The topological polar surface area (TPSA) is 85.2 Å². The summed E-state index contributed by atoms with van der Waals surface area (Å²) in [5.41, 5.74) is 1.63. The van der Waals surface area contributed by atoms with E-state index in [1.54, 1.807) is 18.2 Å². The zero-order valence-electron chi connectivity index (χ0n) is 12.0. The first kappa shape index (κ1) is 14.9. The van der Waals surface area contributed by atoms with Gasteiger partial charge in [0.15, 0.2) is 0 Å². The number of phenolic OH excluding ortho intramolecular Hbond substituents is 1. The molecular weight excluding hydrogens is 266 g/mol. The van der Waals surface area contributed by atoms with E-state index >= 15 is 0 Å². The van der Waals surface area contributed by atoms with E-state index in [1.165, 1.54) is 6.20 Å². The van der Waals surface area contributed by atoms with Gasteiger partial charge >= 0.3 is 0 Å². The van der Waals surface area contributed by atoms with Gasteiger partial charge in [-0.3, -0.25) is 4.79 Å². The normalized spacial score (nSPS) is 15.5. The molecule has 1 aliphatic carbocycles. The number of anilines is 1. The van der Waals surface area contributed by atoms with Gasteiger partial charge in [-0.05, 0) is 43.5 Å². The molecule has 0 atom stereocenters. The van der Waals surface area contributed by atoms with Gasteiger partial charge in [-0.1, -0.05) is 12.8 Å². The number of benzene rings is 1. The number of hydrogen-bond donors (Lipinski definition) is 3. The Labute approximate surface area is 124 Å². The minimum Gasteiger partial charge on any atom is -0.508 e. The lowest BCUT2D eigenvalue weighted by Crippen LogP contribution is -2.33. The van der Waals surface area contributed by atoms with Gasteiger partial charge in [-0.15, -0.1) is 0 Å². The van der Waals surface area contributed by atoms with Gasteiger partial charge in [-0.25, -0.2) is 0 Å². The maximum atomic E-state index is 12.0. The molecule has 1 aromatic rings. The first-order valence-corrected chi connectivity index (χ1v) is 7.07. The number of rotatable bonds is 4. The van der Waals surface area contributed by atoms with Crippen molar-refractivity contribution in [2.75, 3.05) is 5.32 Å². The summed E-state index contributed by atoms with van der Waals surface area (Å²) in [4.78, 5) is 12.0. The molecule has 3 N–H and O–H groups in total. The molecule has 0 saturated heterocycles. The predicted octanol–water partition coefficient (Wildman–Crippen LogP) is 2.58. The Bertz CT molecular complexity index is 596. The van der Waals surface area contributed by atoms with Crippen molar-refractivity contribution in [3.05, 3.63) is 35.5 Å². The molecule has 1 saturated carbocycles. The summed E-state index contributed by atoms with van der Waals surface area (Å²) in [5, 5.41) is 24.3. The first-order valence-electron chi connectivity index (χ1n) is 7.07. The largest absolute Gasteiger partial charge is 0.508 e. The molecular formula is C16H19N3O2. The van der Waals surface area contributed by atoms with Crippen molar-refractivity contribution in [1.29, 1.82) is 5.26 Å². The lowest BCUT2D eigenvalue weighted by Gasteiger charge is -2.11. The summed E-state index contributed by atoms with van der Waals surface area (Å²) in [6, 6.07) is 6.96. The maximum absolute atomic E-state index is 12.0. The Morgan fingerprint density at radius 1 is 1.43 bits per heavy atom. The highest BCUT2D eigenvalue weighted by Gasteiger charge is 2.19. The third kappa shape index (κ3) is 3.99. The molecule has 2 rings (SSSR count). The van der Waals surface area contributed by atoms with Crippen LogP contribution in [0.15, 0.2) is 30.0 Å². The van der Waals surface area contributed by atoms with Gasteiger partial charge < -0.3 is 15.7 Å². The van der Waals surface area contributed by atoms with Gasteiger partial charge in [-0.2, -0.15) is 5.26 Å². The zero-order chi connectivity index (χ0) is 15.2. The van der Waals surface area contributed by atoms with E-state index in [-0.39, 0.29) is 23.3 Å². The summed E-state index contributed by atoms with van der Waals surface area (Å²) < 4.78 is 0. The van der Waals surface area contributed by atoms with Crippen LogP contribution in [-0.2, 0) is 4.79 Å². The molecule has 110 valence electrons. The Kier molecular flexibility index (Phi) is 4.83. The van der Waals surface area contributed by atoms with Crippen molar-refractivity contribution in [3.63, 3.8) is 0 Å². The minimum atomic E-state index is -0.340. The number of aryl methyl sites for hydroxylation is 1. The Hall–Kier alpha value is -2.48. The number of carbonyl (C=O) groups excluding carboxylic acids is 1. The van der Waals surface area contributed by atoms with Crippen molar-refractivity contribution in [2.45, 2.75) is 38.6 Å². The summed E-state index contributed by atoms with van der Waals surface area (Å²) in [7, 11) is 0. The molecule has 0 aliphatic heterocycles. The number of hydrogen-bond acceptors (Lipinski definition) is 4. The van der Waals surface area contributed by atoms with E-state index in [1.807, 2.05) is 13.0 Å². The van der Waals surface area contributed by atoms with E-state index in [0.29, 0.717) is 0 Å². The van der Waals surface area contributed by atoms with Crippen LogP contribution in [0.5, 0.6) is 5.75 Å². The highest BCUT2D eigenvalue weighted by molar-refractivity contribution is 5.97. The fourth-order valence-corrected chi connectivity index (χ4v) is 2.44. The van der Waals surface area contributed by atoms with Crippen LogP contribution in [-0.4, -0.2) is 17.1 Å². The number of nitrogens with zero attached hydrogens (tertiary/aromatic N) is 1. The number of carbonyl (C=O) groups is 1. The van der Waals surface area contributed by atoms with Crippen LogP contribution < -0.4 is 10.6 Å². The van der Waals surface area contributed by atoms with Crippen LogP contribution in [0.3, 0.4) is 0 Å². The van der Waals surface area contributed by atoms with Gasteiger partial charge in [0.1, 0.15) is 17.4 Å². The molecule has 1 fully saturated rings. The monoisotopic (exact) mass is 285 g/mol. The summed E-state index contributed by atoms with van der Waals surface area (Å²) >= 11 is 0. The number of nitriles is 1. The third-order valence-corrected chi connectivity index (χ3v) is 3.64. The quantitative estimate of drug-likeness (QED) is 0.451. The Morgan fingerprint density at radius 2 is 2.14 bits per heavy atom. The second kappa shape index (κ2) is 6.80. The van der Waals surface area contributed by atoms with E-state index in [9.17, 15) is 9.90 Å². The lowest BCUT2D eigenvalue weighted by atomic mass is 10.2. The predicted molar refractivity (Wildman–Crippen MR) is 80.6 cm³/mol. The van der Waals surface area contributed by atoms with Gasteiger partial charge in [0.05, 0.1) is 0 Å². The summed E-state index contributed by atoms with van der Waals surface area (Å²) in [6.07, 6.45) is 5.62.